The highest BCUT2D eigenvalue weighted by Crippen LogP contribution is 2.26. The van der Waals surface area contributed by atoms with Crippen LogP contribution in [0.15, 0.2) is 24.3 Å². The van der Waals surface area contributed by atoms with Crippen molar-refractivity contribution in [2.45, 2.75) is 45.2 Å². The van der Waals surface area contributed by atoms with Crippen LogP contribution < -0.4 is 15.8 Å². The van der Waals surface area contributed by atoms with Crippen LogP contribution in [0.25, 0.3) is 0 Å². The van der Waals surface area contributed by atoms with E-state index in [0.717, 1.165) is 38.1 Å². The second kappa shape index (κ2) is 9.04. The third-order valence-corrected chi connectivity index (χ3v) is 5.05. The summed E-state index contributed by atoms with van der Waals surface area (Å²) in [6.07, 6.45) is 2.66. The van der Waals surface area contributed by atoms with E-state index in [1.54, 1.807) is 7.11 Å². The van der Waals surface area contributed by atoms with Crippen LogP contribution in [0.3, 0.4) is 0 Å². The van der Waals surface area contributed by atoms with Gasteiger partial charge in [0.15, 0.2) is 0 Å². The lowest BCUT2D eigenvalue weighted by molar-refractivity contribution is -0.125. The number of amides is 1. The Labute approximate surface area is 145 Å². The number of carbonyl (C=O) groups excluding carboxylic acids is 1. The molecule has 1 aromatic carbocycles. The number of nitrogens with two attached hydrogens (primary N) is 1. The van der Waals surface area contributed by atoms with Gasteiger partial charge < -0.3 is 15.8 Å². The Hall–Kier alpha value is -1.59. The molecule has 5 nitrogen and oxygen atoms in total. The number of ether oxygens (including phenoxy) is 1. The molecule has 0 aromatic heterocycles. The Morgan fingerprint density at radius 1 is 1.38 bits per heavy atom. The molecule has 134 valence electrons. The predicted octanol–water partition coefficient (Wildman–Crippen LogP) is 2.32. The maximum Gasteiger partial charge on any atom is 0.223 e. The highest BCUT2D eigenvalue weighted by atomic mass is 16.5. The zero-order chi connectivity index (χ0) is 17.5. The number of rotatable bonds is 8. The largest absolute Gasteiger partial charge is 0.497 e. The van der Waals surface area contributed by atoms with Gasteiger partial charge in [-0.1, -0.05) is 26.0 Å². The van der Waals surface area contributed by atoms with Gasteiger partial charge in [0.2, 0.25) is 5.91 Å². The maximum atomic E-state index is 12.4. The normalized spacial score (nSPS) is 21.7. The highest BCUT2D eigenvalue weighted by Gasteiger charge is 2.28. The van der Waals surface area contributed by atoms with E-state index in [9.17, 15) is 4.79 Å². The minimum absolute atomic E-state index is 0.0719. The van der Waals surface area contributed by atoms with Gasteiger partial charge in [0, 0.05) is 18.5 Å². The SMILES string of the molecule is CCN(CC)C(CNC(=O)C1CCC(N)C1)c1cccc(OC)c1. The van der Waals surface area contributed by atoms with E-state index in [-0.39, 0.29) is 23.9 Å². The van der Waals surface area contributed by atoms with E-state index < -0.39 is 0 Å². The van der Waals surface area contributed by atoms with Gasteiger partial charge in [-0.15, -0.1) is 0 Å². The van der Waals surface area contributed by atoms with Crippen molar-refractivity contribution in [3.8, 4) is 5.75 Å². The van der Waals surface area contributed by atoms with Crippen molar-refractivity contribution in [1.29, 1.82) is 0 Å². The monoisotopic (exact) mass is 333 g/mol. The summed E-state index contributed by atoms with van der Waals surface area (Å²) in [7, 11) is 1.68. The van der Waals surface area contributed by atoms with Crippen LogP contribution in [0.2, 0.25) is 0 Å². The molecule has 1 fully saturated rings. The number of hydrogen-bond donors (Lipinski definition) is 2. The summed E-state index contributed by atoms with van der Waals surface area (Å²) in [5, 5.41) is 3.15. The van der Waals surface area contributed by atoms with Crippen LogP contribution in [0.4, 0.5) is 0 Å². The molecule has 0 radical (unpaired) electrons. The zero-order valence-electron chi connectivity index (χ0n) is 15.1. The van der Waals surface area contributed by atoms with Crippen LogP contribution in [0.5, 0.6) is 5.75 Å². The van der Waals surface area contributed by atoms with Crippen molar-refractivity contribution >= 4 is 5.91 Å². The minimum atomic E-state index is 0.0719. The zero-order valence-corrected chi connectivity index (χ0v) is 15.1. The molecule has 1 aliphatic rings. The van der Waals surface area contributed by atoms with Gasteiger partial charge in [-0.25, -0.2) is 0 Å². The lowest BCUT2D eigenvalue weighted by atomic mass is 10.0. The molecule has 3 unspecified atom stereocenters. The van der Waals surface area contributed by atoms with Crippen LogP contribution in [0.1, 0.15) is 44.7 Å². The predicted molar refractivity (Wildman–Crippen MR) is 97.0 cm³/mol. The third-order valence-electron chi connectivity index (χ3n) is 5.05. The van der Waals surface area contributed by atoms with E-state index in [1.165, 1.54) is 5.56 Å². The molecule has 1 aliphatic carbocycles. The van der Waals surface area contributed by atoms with Crippen molar-refractivity contribution in [3.63, 3.8) is 0 Å². The molecule has 1 amide bonds. The molecule has 0 bridgehead atoms. The number of nitrogens with one attached hydrogen (secondary N) is 1. The Kier molecular flexibility index (Phi) is 7.06. The number of benzene rings is 1. The van der Waals surface area contributed by atoms with Crippen molar-refractivity contribution in [1.82, 2.24) is 10.2 Å². The molecule has 0 heterocycles. The molecule has 3 atom stereocenters. The van der Waals surface area contributed by atoms with Crippen LogP contribution in [-0.4, -0.2) is 43.6 Å². The first-order chi connectivity index (χ1) is 11.6. The molecular formula is C19H31N3O2. The standard InChI is InChI=1S/C19H31N3O2/c1-4-22(5-2)18(14-7-6-8-17(12-14)24-3)13-21-19(23)15-9-10-16(20)11-15/h6-8,12,15-16,18H,4-5,9-11,13,20H2,1-3H3,(H,21,23). The Bertz CT molecular complexity index is 531. The Morgan fingerprint density at radius 3 is 2.71 bits per heavy atom. The molecule has 5 heteroatoms. The lowest BCUT2D eigenvalue weighted by Gasteiger charge is -2.31. The summed E-state index contributed by atoms with van der Waals surface area (Å²) in [6, 6.07) is 8.43. The van der Waals surface area contributed by atoms with Crippen LogP contribution in [0, 0.1) is 5.92 Å². The molecule has 0 spiro atoms. The quantitative estimate of drug-likeness (QED) is 0.766. The number of hydrogen-bond acceptors (Lipinski definition) is 4. The molecule has 24 heavy (non-hydrogen) atoms. The maximum absolute atomic E-state index is 12.4. The first-order valence-corrected chi connectivity index (χ1v) is 9.00. The van der Waals surface area contributed by atoms with Crippen LogP contribution >= 0.6 is 0 Å². The Morgan fingerprint density at radius 2 is 2.12 bits per heavy atom. The van der Waals surface area contributed by atoms with Gasteiger partial charge in [-0.2, -0.15) is 0 Å². The van der Waals surface area contributed by atoms with Gasteiger partial charge in [0.25, 0.3) is 0 Å². The lowest BCUT2D eigenvalue weighted by Crippen LogP contribution is -2.40. The third kappa shape index (κ3) is 4.71. The van der Waals surface area contributed by atoms with E-state index in [1.807, 2.05) is 12.1 Å². The van der Waals surface area contributed by atoms with E-state index in [0.29, 0.717) is 6.54 Å². The van der Waals surface area contributed by atoms with Gasteiger partial charge in [0.05, 0.1) is 13.2 Å². The Balaban J connectivity index is 2.07. The van der Waals surface area contributed by atoms with Crippen molar-refractivity contribution in [2.24, 2.45) is 11.7 Å². The van der Waals surface area contributed by atoms with E-state index in [2.05, 4.69) is 36.2 Å². The summed E-state index contributed by atoms with van der Waals surface area (Å²) in [4.78, 5) is 14.8. The molecule has 1 aromatic rings. The first-order valence-electron chi connectivity index (χ1n) is 9.00. The number of methoxy groups -OCH3 is 1. The topological polar surface area (TPSA) is 67.6 Å². The van der Waals surface area contributed by atoms with Gasteiger partial charge in [0.1, 0.15) is 5.75 Å². The summed E-state index contributed by atoms with van der Waals surface area (Å²) in [5.74, 6) is 1.06. The molecule has 1 saturated carbocycles. The molecular weight excluding hydrogens is 302 g/mol. The minimum Gasteiger partial charge on any atom is -0.497 e. The summed E-state index contributed by atoms with van der Waals surface area (Å²) in [6.45, 7) is 6.77. The molecule has 3 N–H and O–H groups in total. The number of nitrogens with zero attached hydrogens (tertiary/aromatic N) is 1. The second-order valence-electron chi connectivity index (χ2n) is 6.53. The van der Waals surface area contributed by atoms with Gasteiger partial charge >= 0.3 is 0 Å². The molecule has 0 saturated heterocycles. The summed E-state index contributed by atoms with van der Waals surface area (Å²) in [5.41, 5.74) is 7.10. The molecule has 0 aliphatic heterocycles. The van der Waals surface area contributed by atoms with E-state index >= 15 is 0 Å². The van der Waals surface area contributed by atoms with E-state index in [4.69, 9.17) is 10.5 Å². The fraction of sp³-hybridized carbons (Fsp3) is 0.632. The highest BCUT2D eigenvalue weighted by molar-refractivity contribution is 5.79. The fourth-order valence-electron chi connectivity index (χ4n) is 3.57. The average Bonchev–Trinajstić information content (AvgIpc) is 3.05. The first kappa shape index (κ1) is 18.7. The summed E-state index contributed by atoms with van der Waals surface area (Å²) < 4.78 is 5.35. The van der Waals surface area contributed by atoms with Crippen molar-refractivity contribution in [2.75, 3.05) is 26.7 Å². The number of carbonyl (C=O) groups is 1. The van der Waals surface area contributed by atoms with Crippen molar-refractivity contribution in [3.05, 3.63) is 29.8 Å². The smallest absolute Gasteiger partial charge is 0.223 e. The van der Waals surface area contributed by atoms with Crippen LogP contribution in [-0.2, 0) is 4.79 Å². The molecule has 2 rings (SSSR count). The van der Waals surface area contributed by atoms with Gasteiger partial charge in [-0.05, 0) is 50.0 Å². The number of likely N-dealkylation sites (N-methyl/N-ethyl adjacent to an activating group) is 1. The summed E-state index contributed by atoms with van der Waals surface area (Å²) >= 11 is 0. The fourth-order valence-corrected chi connectivity index (χ4v) is 3.57. The van der Waals surface area contributed by atoms with Gasteiger partial charge in [-0.3, -0.25) is 9.69 Å². The average molecular weight is 333 g/mol. The van der Waals surface area contributed by atoms with Crippen molar-refractivity contribution < 1.29 is 9.53 Å². The second-order valence-corrected chi connectivity index (χ2v) is 6.53.